The number of nitrogens with two attached hydrogens (primary N) is 1. The molecule has 0 aliphatic heterocycles. The number of fused-ring (bicyclic) bond motifs is 3. The van der Waals surface area contributed by atoms with E-state index in [9.17, 15) is 9.59 Å². The first kappa shape index (κ1) is 21.9. The van der Waals surface area contributed by atoms with Crippen LogP contribution in [0.25, 0.3) is 21.8 Å². The number of aromatic nitrogens is 1. The Hall–Kier alpha value is -2.80. The maximum atomic E-state index is 12.1. The van der Waals surface area contributed by atoms with Crippen molar-refractivity contribution >= 4 is 63.2 Å². The second kappa shape index (κ2) is 8.92. The summed E-state index contributed by atoms with van der Waals surface area (Å²) in [6.07, 6.45) is 0. The summed E-state index contributed by atoms with van der Waals surface area (Å²) in [5.74, 6) is -1.20. The van der Waals surface area contributed by atoms with Gasteiger partial charge in [-0.1, -0.05) is 36.4 Å². The van der Waals surface area contributed by atoms with E-state index in [4.69, 9.17) is 15.6 Å². The quantitative estimate of drug-likeness (QED) is 0.476. The summed E-state index contributed by atoms with van der Waals surface area (Å²) >= 11 is 0. The first-order valence-corrected chi connectivity index (χ1v) is 9.20. The first-order chi connectivity index (χ1) is 14.0. The Balaban J connectivity index is 0.00000256. The number of aryl methyl sites for hydroxylation is 1. The van der Waals surface area contributed by atoms with Gasteiger partial charge in [-0.3, -0.25) is 4.79 Å². The minimum atomic E-state index is -1.07. The molecule has 7 heteroatoms. The molecule has 148 valence electrons. The molecule has 0 fully saturated rings. The van der Waals surface area contributed by atoms with Crippen molar-refractivity contribution in [2.45, 2.75) is 13.5 Å². The number of ether oxygens (including phenoxy) is 1. The zero-order valence-electron chi connectivity index (χ0n) is 15.9. The molecule has 30 heavy (non-hydrogen) atoms. The van der Waals surface area contributed by atoms with Crippen LogP contribution in [0.2, 0.25) is 0 Å². The number of rotatable bonds is 6. The minimum absolute atomic E-state index is 0. The fraction of sp³-hybridized carbons (Fsp3) is 0.130. The molecule has 0 saturated heterocycles. The summed E-state index contributed by atoms with van der Waals surface area (Å²) in [4.78, 5) is 23.2. The van der Waals surface area contributed by atoms with Gasteiger partial charge in [-0.15, -0.1) is 0 Å². The molecule has 6 nitrogen and oxygen atoms in total. The van der Waals surface area contributed by atoms with E-state index < -0.39 is 18.5 Å². The Morgan fingerprint density at radius 2 is 1.63 bits per heavy atom. The SMILES string of the molecule is Cc1ccccc1Cn1c2cccc(OCC(=O)O)c2c2c(C(N)=O)cccc21.[NaH]. The second-order valence-electron chi connectivity index (χ2n) is 6.91. The zero-order valence-corrected chi connectivity index (χ0v) is 15.9. The summed E-state index contributed by atoms with van der Waals surface area (Å²) in [5.41, 5.74) is 10.0. The number of carboxylic acids is 1. The van der Waals surface area contributed by atoms with E-state index in [1.54, 1.807) is 18.2 Å². The third kappa shape index (κ3) is 3.94. The van der Waals surface area contributed by atoms with Gasteiger partial charge in [0.05, 0.1) is 16.4 Å². The Kier molecular flexibility index (Phi) is 6.51. The van der Waals surface area contributed by atoms with Crippen LogP contribution in [-0.2, 0) is 11.3 Å². The predicted molar refractivity (Wildman–Crippen MR) is 119 cm³/mol. The van der Waals surface area contributed by atoms with E-state index >= 15 is 0 Å². The first-order valence-electron chi connectivity index (χ1n) is 9.20. The summed E-state index contributed by atoms with van der Waals surface area (Å²) in [6.45, 7) is 2.18. The van der Waals surface area contributed by atoms with Gasteiger partial charge in [0.2, 0.25) is 5.91 Å². The van der Waals surface area contributed by atoms with Crippen LogP contribution in [0.5, 0.6) is 5.75 Å². The predicted octanol–water partition coefficient (Wildman–Crippen LogP) is 3.07. The van der Waals surface area contributed by atoms with Crippen molar-refractivity contribution in [3.05, 3.63) is 77.4 Å². The molecule has 1 heterocycles. The Morgan fingerprint density at radius 1 is 0.967 bits per heavy atom. The number of carbonyl (C=O) groups excluding carboxylic acids is 1. The molecular formula is C23H21N2NaO4. The van der Waals surface area contributed by atoms with Gasteiger partial charge in [0.15, 0.2) is 6.61 Å². The number of primary amides is 1. The maximum absolute atomic E-state index is 12.1. The van der Waals surface area contributed by atoms with Gasteiger partial charge < -0.3 is 20.1 Å². The summed E-state index contributed by atoms with van der Waals surface area (Å²) in [6, 6.07) is 19.0. The normalized spacial score (nSPS) is 10.7. The van der Waals surface area contributed by atoms with Crippen molar-refractivity contribution in [3.63, 3.8) is 0 Å². The fourth-order valence-corrected chi connectivity index (χ4v) is 3.75. The molecule has 3 aromatic carbocycles. The van der Waals surface area contributed by atoms with Gasteiger partial charge in [0, 0.05) is 17.5 Å². The number of hydrogen-bond donors (Lipinski definition) is 2. The number of carboxylic acid groups (broad SMARTS) is 1. The van der Waals surface area contributed by atoms with Crippen LogP contribution in [0, 0.1) is 6.92 Å². The average Bonchev–Trinajstić information content (AvgIpc) is 3.02. The van der Waals surface area contributed by atoms with Crippen LogP contribution in [0.3, 0.4) is 0 Å². The third-order valence-corrected chi connectivity index (χ3v) is 5.08. The summed E-state index contributed by atoms with van der Waals surface area (Å²) < 4.78 is 7.65. The number of aliphatic carboxylic acids is 1. The second-order valence-corrected chi connectivity index (χ2v) is 6.91. The topological polar surface area (TPSA) is 94.6 Å². The summed E-state index contributed by atoms with van der Waals surface area (Å²) in [7, 11) is 0. The van der Waals surface area contributed by atoms with Crippen molar-refractivity contribution in [1.29, 1.82) is 0 Å². The van der Waals surface area contributed by atoms with E-state index in [1.807, 2.05) is 30.3 Å². The van der Waals surface area contributed by atoms with E-state index in [1.165, 1.54) is 0 Å². The number of nitrogens with zero attached hydrogens (tertiary/aromatic N) is 1. The van der Waals surface area contributed by atoms with E-state index in [0.717, 1.165) is 22.2 Å². The van der Waals surface area contributed by atoms with Crippen LogP contribution in [0.4, 0.5) is 0 Å². The van der Waals surface area contributed by atoms with E-state index in [-0.39, 0.29) is 29.6 Å². The number of hydrogen-bond acceptors (Lipinski definition) is 3. The Morgan fingerprint density at radius 3 is 2.30 bits per heavy atom. The molecule has 4 aromatic rings. The molecule has 0 atom stereocenters. The Bertz CT molecular complexity index is 1260. The molecule has 0 aliphatic carbocycles. The fourth-order valence-electron chi connectivity index (χ4n) is 3.75. The molecule has 0 saturated carbocycles. The van der Waals surface area contributed by atoms with Gasteiger partial charge in [0.25, 0.3) is 0 Å². The molecular weight excluding hydrogens is 391 g/mol. The van der Waals surface area contributed by atoms with Crippen molar-refractivity contribution in [1.82, 2.24) is 4.57 Å². The van der Waals surface area contributed by atoms with Gasteiger partial charge >= 0.3 is 35.5 Å². The molecule has 0 spiro atoms. The molecule has 3 N–H and O–H groups in total. The third-order valence-electron chi connectivity index (χ3n) is 5.08. The van der Waals surface area contributed by atoms with Crippen molar-refractivity contribution in [3.8, 4) is 5.75 Å². The molecule has 0 radical (unpaired) electrons. The van der Waals surface area contributed by atoms with E-state index in [0.29, 0.717) is 28.6 Å². The van der Waals surface area contributed by atoms with Gasteiger partial charge in [0.1, 0.15) is 5.75 Å². The van der Waals surface area contributed by atoms with Crippen LogP contribution in [0.1, 0.15) is 21.5 Å². The number of benzene rings is 3. The Labute approximate surface area is 195 Å². The van der Waals surface area contributed by atoms with Crippen LogP contribution in [-0.4, -0.2) is 57.7 Å². The average molecular weight is 412 g/mol. The molecule has 1 aromatic heterocycles. The van der Waals surface area contributed by atoms with Gasteiger partial charge in [-0.2, -0.15) is 0 Å². The van der Waals surface area contributed by atoms with Crippen LogP contribution in [0.15, 0.2) is 60.7 Å². The van der Waals surface area contributed by atoms with Gasteiger partial charge in [-0.05, 0) is 42.3 Å². The zero-order chi connectivity index (χ0) is 20.5. The van der Waals surface area contributed by atoms with Crippen molar-refractivity contribution < 1.29 is 19.4 Å². The van der Waals surface area contributed by atoms with Crippen LogP contribution >= 0.6 is 0 Å². The van der Waals surface area contributed by atoms with E-state index in [2.05, 4.69) is 23.6 Å². The van der Waals surface area contributed by atoms with Crippen molar-refractivity contribution in [2.24, 2.45) is 5.73 Å². The molecule has 0 aliphatic rings. The molecule has 1 amide bonds. The standard InChI is InChI=1S/C23H20N2O4.Na.H/c1-14-6-2-3-7-15(14)12-25-17-9-4-8-16(23(24)28)21(17)22-18(25)10-5-11-19(22)29-13-20(26)27;;/h2-11H,12-13H2,1H3,(H2,24,28)(H,26,27);;. The molecule has 4 rings (SSSR count). The van der Waals surface area contributed by atoms with Crippen molar-refractivity contribution in [2.75, 3.05) is 6.61 Å². The van der Waals surface area contributed by atoms with Gasteiger partial charge in [-0.25, -0.2) is 4.79 Å². The number of amides is 1. The monoisotopic (exact) mass is 412 g/mol. The summed E-state index contributed by atoms with van der Waals surface area (Å²) in [5, 5.41) is 10.4. The molecule has 0 unspecified atom stereocenters. The van der Waals surface area contributed by atoms with Crippen LogP contribution < -0.4 is 10.5 Å². The number of carbonyl (C=O) groups is 2. The molecule has 0 bridgehead atoms.